The van der Waals surface area contributed by atoms with E-state index in [9.17, 15) is 0 Å². The van der Waals surface area contributed by atoms with Gasteiger partial charge in [0.25, 0.3) is 0 Å². The van der Waals surface area contributed by atoms with Crippen molar-refractivity contribution in [3.8, 4) is 0 Å². The van der Waals surface area contributed by atoms with Crippen LogP contribution in [0.15, 0.2) is 6.07 Å². The second kappa shape index (κ2) is 5.66. The number of hydrogen-bond acceptors (Lipinski definition) is 4. The quantitative estimate of drug-likeness (QED) is 0.777. The number of hydrogen-bond donors (Lipinski definition) is 0. The molecule has 1 saturated heterocycles. The standard InChI is InChI=1S/C13H20ClN3S/c1-8(2)13-15-11(14)7-12(16-13)17-5-6-18-10(4)9(17)3/h7-10H,5-6H2,1-4H3. The third-order valence-corrected chi connectivity index (χ3v) is 4.92. The summed E-state index contributed by atoms with van der Waals surface area (Å²) in [4.78, 5) is 11.3. The van der Waals surface area contributed by atoms with Crippen molar-refractivity contribution in [3.05, 3.63) is 17.0 Å². The number of rotatable bonds is 2. The highest BCUT2D eigenvalue weighted by atomic mass is 35.5. The van der Waals surface area contributed by atoms with Crippen LogP contribution in [0.25, 0.3) is 0 Å². The number of anilines is 1. The molecule has 1 aliphatic rings. The fourth-order valence-electron chi connectivity index (χ4n) is 2.08. The normalized spacial score (nSPS) is 24.7. The molecule has 1 aliphatic heterocycles. The van der Waals surface area contributed by atoms with Crippen LogP contribution in [0.2, 0.25) is 5.15 Å². The van der Waals surface area contributed by atoms with Crippen molar-refractivity contribution in [1.82, 2.24) is 9.97 Å². The van der Waals surface area contributed by atoms with Gasteiger partial charge in [0, 0.05) is 35.6 Å². The van der Waals surface area contributed by atoms with E-state index in [1.807, 2.05) is 17.8 Å². The first-order valence-electron chi connectivity index (χ1n) is 6.41. The molecule has 3 nitrogen and oxygen atoms in total. The lowest BCUT2D eigenvalue weighted by Crippen LogP contribution is -2.45. The average Bonchev–Trinajstić information content (AvgIpc) is 2.31. The van der Waals surface area contributed by atoms with Crippen molar-refractivity contribution < 1.29 is 0 Å². The Labute approximate surface area is 118 Å². The second-order valence-corrected chi connectivity index (χ2v) is 6.94. The van der Waals surface area contributed by atoms with E-state index in [-0.39, 0.29) is 0 Å². The maximum Gasteiger partial charge on any atom is 0.135 e. The first-order valence-corrected chi connectivity index (χ1v) is 7.84. The van der Waals surface area contributed by atoms with Gasteiger partial charge in [0.05, 0.1) is 0 Å². The third-order valence-electron chi connectivity index (χ3n) is 3.39. The van der Waals surface area contributed by atoms with Crippen molar-refractivity contribution in [1.29, 1.82) is 0 Å². The maximum absolute atomic E-state index is 6.11. The Morgan fingerprint density at radius 2 is 2.11 bits per heavy atom. The summed E-state index contributed by atoms with van der Waals surface area (Å²) in [5, 5.41) is 1.16. The predicted octanol–water partition coefficient (Wildman–Crippen LogP) is 3.58. The Morgan fingerprint density at radius 3 is 2.78 bits per heavy atom. The summed E-state index contributed by atoms with van der Waals surface area (Å²) in [6.07, 6.45) is 0. The molecule has 2 rings (SSSR count). The van der Waals surface area contributed by atoms with E-state index >= 15 is 0 Å². The van der Waals surface area contributed by atoms with Crippen molar-refractivity contribution in [3.63, 3.8) is 0 Å². The van der Waals surface area contributed by atoms with E-state index in [0.29, 0.717) is 22.4 Å². The lowest BCUT2D eigenvalue weighted by Gasteiger charge is -2.38. The topological polar surface area (TPSA) is 29.0 Å². The van der Waals surface area contributed by atoms with E-state index < -0.39 is 0 Å². The molecule has 0 aliphatic carbocycles. The van der Waals surface area contributed by atoms with Crippen LogP contribution in [0.5, 0.6) is 0 Å². The molecule has 2 heterocycles. The molecule has 1 aromatic rings. The molecule has 0 aromatic carbocycles. The first-order chi connectivity index (χ1) is 8.49. The van der Waals surface area contributed by atoms with Crippen LogP contribution in [-0.4, -0.2) is 33.6 Å². The summed E-state index contributed by atoms with van der Waals surface area (Å²) in [5.41, 5.74) is 0. The van der Waals surface area contributed by atoms with Crippen LogP contribution in [0, 0.1) is 0 Å². The third kappa shape index (κ3) is 2.91. The maximum atomic E-state index is 6.11. The van der Waals surface area contributed by atoms with Gasteiger partial charge in [-0.05, 0) is 6.92 Å². The van der Waals surface area contributed by atoms with Crippen LogP contribution >= 0.6 is 23.4 Å². The fourth-order valence-corrected chi connectivity index (χ4v) is 3.37. The molecule has 2 unspecified atom stereocenters. The van der Waals surface area contributed by atoms with Gasteiger partial charge in [-0.3, -0.25) is 0 Å². The smallest absolute Gasteiger partial charge is 0.135 e. The largest absolute Gasteiger partial charge is 0.352 e. The van der Waals surface area contributed by atoms with Crippen LogP contribution in [0.4, 0.5) is 5.82 Å². The van der Waals surface area contributed by atoms with E-state index in [1.165, 1.54) is 0 Å². The van der Waals surface area contributed by atoms with Crippen molar-refractivity contribution >= 4 is 29.2 Å². The van der Waals surface area contributed by atoms with Gasteiger partial charge in [-0.15, -0.1) is 0 Å². The Hall–Kier alpha value is -0.480. The summed E-state index contributed by atoms with van der Waals surface area (Å²) >= 11 is 8.14. The minimum absolute atomic E-state index is 0.300. The zero-order valence-corrected chi connectivity index (χ0v) is 12.9. The molecule has 0 saturated carbocycles. The van der Waals surface area contributed by atoms with Crippen molar-refractivity contribution in [2.24, 2.45) is 0 Å². The Bertz CT molecular complexity index is 425. The minimum atomic E-state index is 0.300. The summed E-state index contributed by atoms with van der Waals surface area (Å²) in [6, 6.07) is 2.36. The van der Waals surface area contributed by atoms with Gasteiger partial charge in [0.15, 0.2) is 0 Å². The molecule has 0 radical (unpaired) electrons. The van der Waals surface area contributed by atoms with Crippen LogP contribution in [-0.2, 0) is 0 Å². The lowest BCUT2D eigenvalue weighted by molar-refractivity contribution is 0.615. The van der Waals surface area contributed by atoms with Gasteiger partial charge < -0.3 is 4.90 Å². The number of halogens is 1. The number of nitrogens with zero attached hydrogens (tertiary/aromatic N) is 3. The molecule has 0 amide bonds. The SMILES string of the molecule is CC(C)c1nc(Cl)cc(N2CCSC(C)C2C)n1. The second-order valence-electron chi connectivity index (χ2n) is 5.07. The number of aromatic nitrogens is 2. The summed E-state index contributed by atoms with van der Waals surface area (Å²) in [7, 11) is 0. The summed E-state index contributed by atoms with van der Waals surface area (Å²) in [6.45, 7) is 9.73. The van der Waals surface area contributed by atoms with Crippen molar-refractivity contribution in [2.75, 3.05) is 17.2 Å². The highest BCUT2D eigenvalue weighted by molar-refractivity contribution is 8.00. The molecular weight excluding hydrogens is 266 g/mol. The summed E-state index contributed by atoms with van der Waals surface area (Å²) < 4.78 is 0. The molecule has 18 heavy (non-hydrogen) atoms. The van der Waals surface area contributed by atoms with E-state index in [4.69, 9.17) is 11.6 Å². The number of thioether (sulfide) groups is 1. The molecule has 0 bridgehead atoms. The predicted molar refractivity (Wildman–Crippen MR) is 79.9 cm³/mol. The first kappa shape index (κ1) is 13.9. The monoisotopic (exact) mass is 285 g/mol. The van der Waals surface area contributed by atoms with E-state index in [0.717, 1.165) is 23.9 Å². The van der Waals surface area contributed by atoms with Gasteiger partial charge in [-0.2, -0.15) is 11.8 Å². The molecule has 1 aromatic heterocycles. The Kier molecular flexibility index (Phi) is 4.38. The molecular formula is C13H20ClN3S. The molecule has 0 spiro atoms. The minimum Gasteiger partial charge on any atom is -0.352 e. The molecule has 0 N–H and O–H groups in total. The van der Waals surface area contributed by atoms with Crippen LogP contribution in [0.1, 0.15) is 39.4 Å². The van der Waals surface area contributed by atoms with Crippen LogP contribution < -0.4 is 4.90 Å². The van der Waals surface area contributed by atoms with Gasteiger partial charge in [0.1, 0.15) is 16.8 Å². The lowest BCUT2D eigenvalue weighted by atomic mass is 10.2. The zero-order valence-electron chi connectivity index (χ0n) is 11.4. The van der Waals surface area contributed by atoms with Crippen molar-refractivity contribution in [2.45, 2.75) is 44.9 Å². The molecule has 100 valence electrons. The highest BCUT2D eigenvalue weighted by Gasteiger charge is 2.26. The van der Waals surface area contributed by atoms with E-state index in [1.54, 1.807) is 0 Å². The van der Waals surface area contributed by atoms with E-state index in [2.05, 4.69) is 42.6 Å². The molecule has 2 atom stereocenters. The Balaban J connectivity index is 2.32. The molecule has 5 heteroatoms. The van der Waals surface area contributed by atoms with Gasteiger partial charge in [0.2, 0.25) is 0 Å². The van der Waals surface area contributed by atoms with Gasteiger partial charge >= 0.3 is 0 Å². The zero-order chi connectivity index (χ0) is 13.3. The highest BCUT2D eigenvalue weighted by Crippen LogP contribution is 2.29. The van der Waals surface area contributed by atoms with Gasteiger partial charge in [-0.25, -0.2) is 9.97 Å². The molecule has 1 fully saturated rings. The van der Waals surface area contributed by atoms with Gasteiger partial charge in [-0.1, -0.05) is 32.4 Å². The fraction of sp³-hybridized carbons (Fsp3) is 0.692. The average molecular weight is 286 g/mol. The Morgan fingerprint density at radius 1 is 1.39 bits per heavy atom. The summed E-state index contributed by atoms with van der Waals surface area (Å²) in [5.74, 6) is 3.24. The van der Waals surface area contributed by atoms with Crippen LogP contribution in [0.3, 0.4) is 0 Å².